The first kappa shape index (κ1) is 28.7. The summed E-state index contributed by atoms with van der Waals surface area (Å²) in [5, 5.41) is -0.450. The standard InChI is InChI=1S/C30H29BrFNO5S/c1-30(2,3)21-9-11-22(12-10-21)37-13-14-38-27-23(31)15-19(16-25(27)36-4)17-26-28(34)33(29(35)39-26)18-20-7-5-6-8-24(20)32/h5-12,15-17H,13-14,18H2,1-4H3/b26-17-. The molecule has 4 rings (SSSR count). The fourth-order valence-electron chi connectivity index (χ4n) is 3.90. The van der Waals surface area contributed by atoms with Gasteiger partial charge in [0.1, 0.15) is 24.8 Å². The van der Waals surface area contributed by atoms with Crippen LogP contribution in [0.15, 0.2) is 70.0 Å². The summed E-state index contributed by atoms with van der Waals surface area (Å²) in [5.74, 6) is 0.770. The number of hydrogen-bond donors (Lipinski definition) is 0. The smallest absolute Gasteiger partial charge is 0.293 e. The molecule has 204 valence electrons. The molecule has 0 bridgehead atoms. The second-order valence-electron chi connectivity index (χ2n) is 9.86. The van der Waals surface area contributed by atoms with Crippen molar-refractivity contribution < 1.29 is 28.2 Å². The van der Waals surface area contributed by atoms with Gasteiger partial charge in [0, 0.05) is 5.56 Å². The molecule has 39 heavy (non-hydrogen) atoms. The van der Waals surface area contributed by atoms with Gasteiger partial charge in [-0.05, 0) is 80.6 Å². The highest BCUT2D eigenvalue weighted by Gasteiger charge is 2.35. The van der Waals surface area contributed by atoms with E-state index >= 15 is 0 Å². The first-order valence-electron chi connectivity index (χ1n) is 12.3. The minimum atomic E-state index is -0.476. The van der Waals surface area contributed by atoms with Crippen LogP contribution in [-0.4, -0.2) is 36.4 Å². The third-order valence-corrected chi connectivity index (χ3v) is 7.52. The molecule has 0 aromatic heterocycles. The molecule has 9 heteroatoms. The van der Waals surface area contributed by atoms with Crippen LogP contribution in [0.4, 0.5) is 9.18 Å². The third-order valence-electron chi connectivity index (χ3n) is 6.03. The summed E-state index contributed by atoms with van der Waals surface area (Å²) < 4.78 is 31.9. The van der Waals surface area contributed by atoms with E-state index in [2.05, 4.69) is 48.8 Å². The number of halogens is 2. The van der Waals surface area contributed by atoms with Crippen LogP contribution in [0.25, 0.3) is 6.08 Å². The van der Waals surface area contributed by atoms with Gasteiger partial charge < -0.3 is 14.2 Å². The maximum absolute atomic E-state index is 14.0. The number of ether oxygens (including phenoxy) is 3. The van der Waals surface area contributed by atoms with Crippen molar-refractivity contribution >= 4 is 44.9 Å². The predicted octanol–water partition coefficient (Wildman–Crippen LogP) is 7.59. The summed E-state index contributed by atoms with van der Waals surface area (Å²) >= 11 is 4.33. The number of nitrogens with zero attached hydrogens (tertiary/aromatic N) is 1. The van der Waals surface area contributed by atoms with Crippen molar-refractivity contribution in [3.05, 3.63) is 92.5 Å². The number of benzene rings is 3. The van der Waals surface area contributed by atoms with Crippen molar-refractivity contribution in [3.8, 4) is 17.2 Å². The molecule has 1 heterocycles. The number of thioether (sulfide) groups is 1. The Hall–Kier alpha value is -3.30. The van der Waals surface area contributed by atoms with Crippen LogP contribution in [0.2, 0.25) is 0 Å². The van der Waals surface area contributed by atoms with Crippen molar-refractivity contribution in [3.63, 3.8) is 0 Å². The van der Waals surface area contributed by atoms with Gasteiger partial charge in [-0.2, -0.15) is 0 Å². The summed E-state index contributed by atoms with van der Waals surface area (Å²) in [6.07, 6.45) is 1.60. The Morgan fingerprint density at radius 3 is 2.36 bits per heavy atom. The van der Waals surface area contributed by atoms with E-state index in [4.69, 9.17) is 14.2 Å². The molecule has 0 saturated carbocycles. The fraction of sp³-hybridized carbons (Fsp3) is 0.267. The molecule has 2 amide bonds. The number of hydrogen-bond acceptors (Lipinski definition) is 6. The van der Waals surface area contributed by atoms with Gasteiger partial charge >= 0.3 is 0 Å². The van der Waals surface area contributed by atoms with Gasteiger partial charge in [-0.25, -0.2) is 4.39 Å². The lowest BCUT2D eigenvalue weighted by Gasteiger charge is -2.19. The molecule has 0 aliphatic carbocycles. The quantitative estimate of drug-likeness (QED) is 0.183. The maximum atomic E-state index is 14.0. The minimum Gasteiger partial charge on any atom is -0.493 e. The number of amides is 2. The Morgan fingerprint density at radius 1 is 1.00 bits per heavy atom. The first-order valence-corrected chi connectivity index (χ1v) is 13.9. The summed E-state index contributed by atoms with van der Waals surface area (Å²) in [4.78, 5) is 26.7. The summed E-state index contributed by atoms with van der Waals surface area (Å²) in [7, 11) is 1.52. The SMILES string of the molecule is COc1cc(/C=C2\SC(=O)N(Cc3ccccc3F)C2=O)cc(Br)c1OCCOc1ccc(C(C)(C)C)cc1. The molecule has 0 atom stereocenters. The Kier molecular flexibility index (Phi) is 9.02. The van der Waals surface area contributed by atoms with Gasteiger partial charge in [0.05, 0.1) is 23.0 Å². The number of carbonyl (C=O) groups excluding carboxylic acids is 2. The highest BCUT2D eigenvalue weighted by atomic mass is 79.9. The number of methoxy groups -OCH3 is 1. The number of imide groups is 1. The monoisotopic (exact) mass is 613 g/mol. The van der Waals surface area contributed by atoms with Crippen LogP contribution in [0, 0.1) is 5.82 Å². The van der Waals surface area contributed by atoms with Crippen molar-refractivity contribution in [2.45, 2.75) is 32.7 Å². The van der Waals surface area contributed by atoms with Crippen LogP contribution < -0.4 is 14.2 Å². The van der Waals surface area contributed by atoms with E-state index < -0.39 is 17.0 Å². The molecule has 1 aliphatic heterocycles. The summed E-state index contributed by atoms with van der Waals surface area (Å²) in [5.41, 5.74) is 2.22. The van der Waals surface area contributed by atoms with Crippen LogP contribution in [0.5, 0.6) is 17.2 Å². The van der Waals surface area contributed by atoms with Crippen molar-refractivity contribution in [1.29, 1.82) is 0 Å². The highest BCUT2D eigenvalue weighted by molar-refractivity contribution is 9.10. The van der Waals surface area contributed by atoms with Crippen LogP contribution in [0.3, 0.4) is 0 Å². The summed E-state index contributed by atoms with van der Waals surface area (Å²) in [6.45, 7) is 6.98. The Bertz CT molecular complexity index is 1400. The first-order chi connectivity index (χ1) is 18.6. The lowest BCUT2D eigenvalue weighted by atomic mass is 9.87. The summed E-state index contributed by atoms with van der Waals surface area (Å²) in [6, 6.07) is 17.6. The van der Waals surface area contributed by atoms with Gasteiger partial charge in [-0.15, -0.1) is 0 Å². The average Bonchev–Trinajstić information content (AvgIpc) is 3.15. The second kappa shape index (κ2) is 12.3. The lowest BCUT2D eigenvalue weighted by molar-refractivity contribution is -0.123. The van der Waals surface area contributed by atoms with Crippen LogP contribution >= 0.6 is 27.7 Å². The van der Waals surface area contributed by atoms with Gasteiger partial charge in [0.25, 0.3) is 11.1 Å². The predicted molar refractivity (Wildman–Crippen MR) is 155 cm³/mol. The molecular formula is C30H29BrFNO5S. The fourth-order valence-corrected chi connectivity index (χ4v) is 5.31. The molecule has 1 saturated heterocycles. The van der Waals surface area contributed by atoms with Crippen molar-refractivity contribution in [2.75, 3.05) is 20.3 Å². The van der Waals surface area contributed by atoms with Gasteiger partial charge in [-0.1, -0.05) is 51.1 Å². The number of rotatable bonds is 9. The molecule has 3 aromatic carbocycles. The Balaban J connectivity index is 1.40. The molecule has 0 unspecified atom stereocenters. The lowest BCUT2D eigenvalue weighted by Crippen LogP contribution is -2.27. The van der Waals surface area contributed by atoms with E-state index in [1.54, 1.807) is 36.4 Å². The highest BCUT2D eigenvalue weighted by Crippen LogP contribution is 2.39. The zero-order valence-corrected chi connectivity index (χ0v) is 24.5. The maximum Gasteiger partial charge on any atom is 0.293 e. The molecule has 0 spiro atoms. The molecular weight excluding hydrogens is 585 g/mol. The van der Waals surface area contributed by atoms with Gasteiger partial charge in [0.15, 0.2) is 11.5 Å². The van der Waals surface area contributed by atoms with Crippen molar-refractivity contribution in [2.24, 2.45) is 0 Å². The third kappa shape index (κ3) is 7.02. The number of carbonyl (C=O) groups is 2. The van der Waals surface area contributed by atoms with Crippen LogP contribution in [0.1, 0.15) is 37.5 Å². The average molecular weight is 615 g/mol. The Morgan fingerprint density at radius 2 is 1.69 bits per heavy atom. The van der Waals surface area contributed by atoms with Crippen LogP contribution in [-0.2, 0) is 16.8 Å². The molecule has 0 radical (unpaired) electrons. The zero-order chi connectivity index (χ0) is 28.2. The van der Waals surface area contributed by atoms with E-state index in [0.717, 1.165) is 22.4 Å². The molecule has 3 aromatic rings. The zero-order valence-electron chi connectivity index (χ0n) is 22.1. The normalized spacial score (nSPS) is 14.7. The Labute approximate surface area is 240 Å². The molecule has 1 fully saturated rings. The van der Waals surface area contributed by atoms with E-state index in [9.17, 15) is 14.0 Å². The molecule has 0 N–H and O–H groups in total. The van der Waals surface area contributed by atoms with E-state index in [1.165, 1.54) is 18.7 Å². The van der Waals surface area contributed by atoms with Gasteiger partial charge in [0.2, 0.25) is 0 Å². The second-order valence-corrected chi connectivity index (χ2v) is 11.7. The topological polar surface area (TPSA) is 65.1 Å². The van der Waals surface area contributed by atoms with E-state index in [1.807, 2.05) is 12.1 Å². The van der Waals surface area contributed by atoms with E-state index in [0.29, 0.717) is 28.1 Å². The minimum absolute atomic E-state index is 0.0762. The van der Waals surface area contributed by atoms with Crippen molar-refractivity contribution in [1.82, 2.24) is 4.90 Å². The van der Waals surface area contributed by atoms with Gasteiger partial charge in [-0.3, -0.25) is 14.5 Å². The molecule has 6 nitrogen and oxygen atoms in total. The molecule has 1 aliphatic rings. The van der Waals surface area contributed by atoms with E-state index in [-0.39, 0.29) is 29.0 Å². The largest absolute Gasteiger partial charge is 0.493 e.